The van der Waals surface area contributed by atoms with E-state index in [4.69, 9.17) is 4.52 Å². The lowest BCUT2D eigenvalue weighted by atomic mass is 10.1. The van der Waals surface area contributed by atoms with Crippen LogP contribution in [0.5, 0.6) is 0 Å². The molecule has 1 saturated carbocycles. The summed E-state index contributed by atoms with van der Waals surface area (Å²) in [5.74, 6) is 0.504. The van der Waals surface area contributed by atoms with Crippen molar-refractivity contribution >= 4 is 0 Å². The Labute approximate surface area is 107 Å². The highest BCUT2D eigenvalue weighted by Gasteiger charge is 2.31. The van der Waals surface area contributed by atoms with Crippen LogP contribution >= 0.6 is 0 Å². The zero-order valence-corrected chi connectivity index (χ0v) is 10.2. The van der Waals surface area contributed by atoms with Gasteiger partial charge in [-0.05, 0) is 19.3 Å². The van der Waals surface area contributed by atoms with Crippen LogP contribution < -0.4 is 0 Å². The molecule has 5 nitrogen and oxygen atoms in total. The van der Waals surface area contributed by atoms with Crippen molar-refractivity contribution in [3.63, 3.8) is 0 Å². The number of halogens is 3. The van der Waals surface area contributed by atoms with Crippen LogP contribution in [0.1, 0.15) is 36.9 Å². The maximum absolute atomic E-state index is 11.8. The Kier molecular flexibility index (Phi) is 4.41. The van der Waals surface area contributed by atoms with Crippen LogP contribution in [0.3, 0.4) is 0 Å². The van der Waals surface area contributed by atoms with Crippen molar-refractivity contribution in [2.75, 3.05) is 13.2 Å². The lowest BCUT2D eigenvalue weighted by Gasteiger charge is -2.07. The number of nitrogens with zero attached hydrogens (tertiary/aromatic N) is 2. The van der Waals surface area contributed by atoms with E-state index in [0.717, 1.165) is 12.8 Å². The molecule has 8 heteroatoms. The van der Waals surface area contributed by atoms with Gasteiger partial charge in [-0.3, -0.25) is 0 Å². The highest BCUT2D eigenvalue weighted by Crippen LogP contribution is 2.33. The number of rotatable bonds is 5. The van der Waals surface area contributed by atoms with Crippen molar-refractivity contribution in [1.29, 1.82) is 0 Å². The van der Waals surface area contributed by atoms with Crippen LogP contribution in [0, 0.1) is 0 Å². The van der Waals surface area contributed by atoms with Gasteiger partial charge in [0.25, 0.3) is 0 Å². The molecule has 2 atom stereocenters. The average molecular weight is 280 g/mol. The standard InChI is InChI=1S/C11H15F3N2O3/c12-11(13,14)6-18-5-4-9-15-10(19-16-9)7-2-1-3-8(7)17/h7-8,17H,1-6H2. The number of alkyl halides is 3. The Bertz CT molecular complexity index is 408. The van der Waals surface area contributed by atoms with E-state index in [1.165, 1.54) is 0 Å². The van der Waals surface area contributed by atoms with Crippen molar-refractivity contribution in [2.45, 2.75) is 43.9 Å². The van der Waals surface area contributed by atoms with E-state index < -0.39 is 18.9 Å². The summed E-state index contributed by atoms with van der Waals surface area (Å²) < 4.78 is 45.0. The molecule has 0 aromatic carbocycles. The van der Waals surface area contributed by atoms with Crippen molar-refractivity contribution < 1.29 is 27.5 Å². The number of hydrogen-bond acceptors (Lipinski definition) is 5. The van der Waals surface area contributed by atoms with Crippen molar-refractivity contribution in [2.24, 2.45) is 0 Å². The van der Waals surface area contributed by atoms with E-state index in [1.807, 2.05) is 0 Å². The van der Waals surface area contributed by atoms with Gasteiger partial charge in [-0.25, -0.2) is 0 Å². The maximum atomic E-state index is 11.8. The van der Waals surface area contributed by atoms with E-state index >= 15 is 0 Å². The van der Waals surface area contributed by atoms with Gasteiger partial charge in [0.2, 0.25) is 5.89 Å². The first-order valence-electron chi connectivity index (χ1n) is 6.11. The van der Waals surface area contributed by atoms with E-state index in [1.54, 1.807) is 0 Å². The van der Waals surface area contributed by atoms with Gasteiger partial charge < -0.3 is 14.4 Å². The molecular weight excluding hydrogens is 265 g/mol. The number of ether oxygens (including phenoxy) is 1. The van der Waals surface area contributed by atoms with Gasteiger partial charge in [0.15, 0.2) is 5.82 Å². The molecule has 1 N–H and O–H groups in total. The topological polar surface area (TPSA) is 68.4 Å². The summed E-state index contributed by atoms with van der Waals surface area (Å²) in [6.07, 6.45) is -2.25. The summed E-state index contributed by atoms with van der Waals surface area (Å²) in [6, 6.07) is 0. The lowest BCUT2D eigenvalue weighted by molar-refractivity contribution is -0.173. The summed E-state index contributed by atoms with van der Waals surface area (Å²) >= 11 is 0. The minimum atomic E-state index is -4.32. The minimum Gasteiger partial charge on any atom is -0.392 e. The molecule has 1 aliphatic rings. The molecular formula is C11H15F3N2O3. The smallest absolute Gasteiger partial charge is 0.392 e. The average Bonchev–Trinajstić information content (AvgIpc) is 2.91. The summed E-state index contributed by atoms with van der Waals surface area (Å²) in [7, 11) is 0. The molecule has 0 amide bonds. The predicted octanol–water partition coefficient (Wildman–Crippen LogP) is 1.82. The summed E-state index contributed by atoms with van der Waals surface area (Å²) in [6.45, 7) is -1.40. The monoisotopic (exact) mass is 280 g/mol. The second-order valence-electron chi connectivity index (χ2n) is 4.57. The normalized spacial score (nSPS) is 24.0. The third-order valence-electron chi connectivity index (χ3n) is 3.02. The fourth-order valence-electron chi connectivity index (χ4n) is 2.10. The Balaban J connectivity index is 1.78. The first kappa shape index (κ1) is 14.3. The van der Waals surface area contributed by atoms with Gasteiger partial charge in [-0.1, -0.05) is 5.16 Å². The van der Waals surface area contributed by atoms with Crippen LogP contribution in [-0.2, 0) is 11.2 Å². The highest BCUT2D eigenvalue weighted by molar-refractivity contribution is 5.00. The van der Waals surface area contributed by atoms with E-state index in [2.05, 4.69) is 14.9 Å². The molecule has 108 valence electrons. The van der Waals surface area contributed by atoms with Gasteiger partial charge in [-0.2, -0.15) is 18.2 Å². The summed E-state index contributed by atoms with van der Waals surface area (Å²) in [5, 5.41) is 13.3. The number of hydrogen-bond donors (Lipinski definition) is 1. The Morgan fingerprint density at radius 2 is 2.16 bits per heavy atom. The zero-order chi connectivity index (χ0) is 13.9. The van der Waals surface area contributed by atoms with E-state index in [0.29, 0.717) is 18.1 Å². The van der Waals surface area contributed by atoms with Gasteiger partial charge in [0, 0.05) is 6.42 Å². The number of aliphatic hydroxyl groups excluding tert-OH is 1. The number of aliphatic hydroxyl groups is 1. The molecule has 0 radical (unpaired) electrons. The molecule has 1 aliphatic carbocycles. The zero-order valence-electron chi connectivity index (χ0n) is 10.2. The largest absolute Gasteiger partial charge is 0.411 e. The van der Waals surface area contributed by atoms with Crippen molar-refractivity contribution in [1.82, 2.24) is 10.1 Å². The van der Waals surface area contributed by atoms with Crippen LogP contribution in [-0.4, -0.2) is 40.7 Å². The van der Waals surface area contributed by atoms with E-state index in [-0.39, 0.29) is 18.9 Å². The highest BCUT2D eigenvalue weighted by atomic mass is 19.4. The SMILES string of the molecule is OC1CCCC1c1nc(CCOCC(F)(F)F)no1. The Morgan fingerprint density at radius 3 is 2.79 bits per heavy atom. The summed E-state index contributed by atoms with van der Waals surface area (Å²) in [5.41, 5.74) is 0. The third kappa shape index (κ3) is 4.17. The summed E-state index contributed by atoms with van der Waals surface area (Å²) in [4.78, 5) is 4.08. The van der Waals surface area contributed by atoms with Crippen molar-refractivity contribution in [3.05, 3.63) is 11.7 Å². The van der Waals surface area contributed by atoms with E-state index in [9.17, 15) is 18.3 Å². The Morgan fingerprint density at radius 1 is 1.37 bits per heavy atom. The molecule has 2 rings (SSSR count). The number of aromatic nitrogens is 2. The molecule has 0 aliphatic heterocycles. The second-order valence-corrected chi connectivity index (χ2v) is 4.57. The first-order chi connectivity index (χ1) is 8.96. The molecule has 1 fully saturated rings. The third-order valence-corrected chi connectivity index (χ3v) is 3.02. The second kappa shape index (κ2) is 5.87. The van der Waals surface area contributed by atoms with Crippen LogP contribution in [0.2, 0.25) is 0 Å². The maximum Gasteiger partial charge on any atom is 0.411 e. The lowest BCUT2D eigenvalue weighted by Crippen LogP contribution is -2.18. The molecule has 0 bridgehead atoms. The first-order valence-corrected chi connectivity index (χ1v) is 6.11. The quantitative estimate of drug-likeness (QED) is 0.833. The van der Waals surface area contributed by atoms with Crippen LogP contribution in [0.4, 0.5) is 13.2 Å². The molecule has 2 unspecified atom stereocenters. The molecule has 1 heterocycles. The fourth-order valence-corrected chi connectivity index (χ4v) is 2.10. The van der Waals surface area contributed by atoms with Gasteiger partial charge in [0.05, 0.1) is 18.6 Å². The van der Waals surface area contributed by atoms with Crippen LogP contribution in [0.25, 0.3) is 0 Å². The van der Waals surface area contributed by atoms with Crippen LogP contribution in [0.15, 0.2) is 4.52 Å². The molecule has 19 heavy (non-hydrogen) atoms. The van der Waals surface area contributed by atoms with Gasteiger partial charge in [0.1, 0.15) is 6.61 Å². The van der Waals surface area contributed by atoms with Gasteiger partial charge in [-0.15, -0.1) is 0 Å². The molecule has 1 aromatic heterocycles. The molecule has 1 aromatic rings. The fraction of sp³-hybridized carbons (Fsp3) is 0.818. The van der Waals surface area contributed by atoms with Crippen molar-refractivity contribution in [3.8, 4) is 0 Å². The van der Waals surface area contributed by atoms with Gasteiger partial charge >= 0.3 is 6.18 Å². The minimum absolute atomic E-state index is 0.119. The molecule has 0 saturated heterocycles. The Hall–Kier alpha value is -1.15. The predicted molar refractivity (Wildman–Crippen MR) is 57.5 cm³/mol. The molecule has 0 spiro atoms.